The monoisotopic (exact) mass is 310 g/mol. The number of hydrogen-bond donors (Lipinski definition) is 1. The van der Waals surface area contributed by atoms with Gasteiger partial charge in [0, 0.05) is 19.2 Å². The molecule has 1 N–H and O–H groups in total. The van der Waals surface area contributed by atoms with E-state index in [9.17, 15) is 9.18 Å². The maximum Gasteiger partial charge on any atom is 0.322 e. The Morgan fingerprint density at radius 1 is 1.36 bits per heavy atom. The molecule has 1 fully saturated rings. The van der Waals surface area contributed by atoms with Crippen LogP contribution in [0.3, 0.4) is 0 Å². The lowest BCUT2D eigenvalue weighted by Gasteiger charge is -2.35. The zero-order valence-corrected chi connectivity index (χ0v) is 13.4. The molecule has 1 aliphatic rings. The van der Waals surface area contributed by atoms with Crippen molar-refractivity contribution in [3.63, 3.8) is 0 Å². The first kappa shape index (κ1) is 16.5. The molecular formula is C16H23FN2O3. The van der Waals surface area contributed by atoms with Gasteiger partial charge in [0.25, 0.3) is 0 Å². The van der Waals surface area contributed by atoms with E-state index in [0.29, 0.717) is 18.8 Å². The van der Waals surface area contributed by atoms with Crippen LogP contribution in [0.5, 0.6) is 5.75 Å². The second-order valence-electron chi connectivity index (χ2n) is 5.90. The summed E-state index contributed by atoms with van der Waals surface area (Å²) >= 11 is 0. The molecule has 0 aliphatic carbocycles. The van der Waals surface area contributed by atoms with E-state index in [4.69, 9.17) is 9.47 Å². The summed E-state index contributed by atoms with van der Waals surface area (Å²) in [5, 5.41) is 2.60. The Bertz CT molecular complexity index is 526. The normalized spacial score (nSPS) is 21.8. The second-order valence-corrected chi connectivity index (χ2v) is 5.90. The van der Waals surface area contributed by atoms with Gasteiger partial charge >= 0.3 is 6.03 Å². The summed E-state index contributed by atoms with van der Waals surface area (Å²) in [4.78, 5) is 13.9. The van der Waals surface area contributed by atoms with Crippen LogP contribution in [-0.2, 0) is 4.74 Å². The highest BCUT2D eigenvalue weighted by Crippen LogP contribution is 2.22. The lowest BCUT2D eigenvalue weighted by Crippen LogP contribution is -2.49. The largest absolute Gasteiger partial charge is 0.491 e. The van der Waals surface area contributed by atoms with E-state index < -0.39 is 5.82 Å². The number of rotatable bonds is 3. The van der Waals surface area contributed by atoms with Crippen LogP contribution >= 0.6 is 0 Å². The minimum Gasteiger partial charge on any atom is -0.491 e. The van der Waals surface area contributed by atoms with Crippen molar-refractivity contribution >= 4 is 11.7 Å². The molecule has 2 amide bonds. The molecule has 0 saturated carbocycles. The number of carbonyl (C=O) groups excluding carboxylic acids is 1. The average Bonchev–Trinajstić information content (AvgIpc) is 2.40. The molecule has 0 aromatic heterocycles. The predicted octanol–water partition coefficient (Wildman–Crippen LogP) is 3.25. The highest BCUT2D eigenvalue weighted by Gasteiger charge is 2.26. The van der Waals surface area contributed by atoms with E-state index in [1.54, 1.807) is 11.0 Å². The van der Waals surface area contributed by atoms with Gasteiger partial charge in [0.2, 0.25) is 0 Å². The first-order valence-corrected chi connectivity index (χ1v) is 7.52. The Labute approximate surface area is 130 Å². The topological polar surface area (TPSA) is 50.8 Å². The first-order chi connectivity index (χ1) is 10.3. The Balaban J connectivity index is 2.02. The van der Waals surface area contributed by atoms with Crippen molar-refractivity contribution in [2.45, 2.75) is 46.0 Å². The fourth-order valence-electron chi connectivity index (χ4n) is 2.48. The quantitative estimate of drug-likeness (QED) is 0.932. The SMILES string of the molecule is CC(C)Oc1ccc(NC(=O)N2CC(C)OC(C)C2)c(F)c1. The van der Waals surface area contributed by atoms with Crippen molar-refractivity contribution in [1.29, 1.82) is 0 Å². The summed E-state index contributed by atoms with van der Waals surface area (Å²) in [5.41, 5.74) is 0.146. The number of halogens is 1. The molecular weight excluding hydrogens is 287 g/mol. The van der Waals surface area contributed by atoms with Gasteiger partial charge < -0.3 is 19.7 Å². The zero-order valence-electron chi connectivity index (χ0n) is 13.4. The molecule has 1 aromatic carbocycles. The van der Waals surface area contributed by atoms with E-state index in [0.717, 1.165) is 0 Å². The Morgan fingerprint density at radius 2 is 2.00 bits per heavy atom. The number of urea groups is 1. The molecule has 22 heavy (non-hydrogen) atoms. The molecule has 2 atom stereocenters. The van der Waals surface area contributed by atoms with Gasteiger partial charge in [-0.05, 0) is 39.8 Å². The standard InChI is InChI=1S/C16H23FN2O3/c1-10(2)21-13-5-6-15(14(17)7-13)18-16(20)19-8-11(3)22-12(4)9-19/h5-7,10-12H,8-9H2,1-4H3,(H,18,20). The van der Waals surface area contributed by atoms with Gasteiger partial charge in [0.15, 0.2) is 0 Å². The van der Waals surface area contributed by atoms with Gasteiger partial charge in [0.1, 0.15) is 11.6 Å². The number of carbonyl (C=O) groups is 1. The summed E-state index contributed by atoms with van der Waals surface area (Å²) in [7, 11) is 0. The predicted molar refractivity (Wildman–Crippen MR) is 82.8 cm³/mol. The zero-order chi connectivity index (χ0) is 16.3. The molecule has 6 heteroatoms. The van der Waals surface area contributed by atoms with E-state index in [1.807, 2.05) is 27.7 Å². The third-order valence-electron chi connectivity index (χ3n) is 3.26. The van der Waals surface area contributed by atoms with Crippen LogP contribution in [0.4, 0.5) is 14.9 Å². The van der Waals surface area contributed by atoms with Crippen LogP contribution < -0.4 is 10.1 Å². The summed E-state index contributed by atoms with van der Waals surface area (Å²) in [5.74, 6) is -0.0695. The van der Waals surface area contributed by atoms with E-state index >= 15 is 0 Å². The number of amides is 2. The van der Waals surface area contributed by atoms with Crippen LogP contribution in [0.2, 0.25) is 0 Å². The van der Waals surface area contributed by atoms with Crippen molar-refractivity contribution in [3.8, 4) is 5.75 Å². The van der Waals surface area contributed by atoms with Crippen molar-refractivity contribution in [3.05, 3.63) is 24.0 Å². The van der Waals surface area contributed by atoms with Gasteiger partial charge in [0.05, 0.1) is 24.0 Å². The summed E-state index contributed by atoms with van der Waals surface area (Å²) in [6, 6.07) is 4.11. The molecule has 2 rings (SSSR count). The number of anilines is 1. The van der Waals surface area contributed by atoms with Crippen LogP contribution in [-0.4, -0.2) is 42.3 Å². The number of hydrogen-bond acceptors (Lipinski definition) is 3. The van der Waals surface area contributed by atoms with Crippen molar-refractivity contribution in [2.24, 2.45) is 0 Å². The Kier molecular flexibility index (Phi) is 5.24. The van der Waals surface area contributed by atoms with Crippen molar-refractivity contribution < 1.29 is 18.7 Å². The number of nitrogens with one attached hydrogen (secondary N) is 1. The van der Waals surface area contributed by atoms with Crippen molar-refractivity contribution in [1.82, 2.24) is 4.90 Å². The minimum absolute atomic E-state index is 0.0267. The molecule has 122 valence electrons. The highest BCUT2D eigenvalue weighted by molar-refractivity contribution is 5.89. The van der Waals surface area contributed by atoms with Crippen LogP contribution in [0, 0.1) is 5.82 Å². The second kappa shape index (κ2) is 6.96. The van der Waals surface area contributed by atoms with E-state index in [2.05, 4.69) is 5.32 Å². The fourth-order valence-corrected chi connectivity index (χ4v) is 2.48. The average molecular weight is 310 g/mol. The fraction of sp³-hybridized carbons (Fsp3) is 0.562. The maximum absolute atomic E-state index is 14.0. The molecule has 1 aromatic rings. The van der Waals surface area contributed by atoms with Crippen LogP contribution in [0.15, 0.2) is 18.2 Å². The van der Waals surface area contributed by atoms with Gasteiger partial charge in [-0.2, -0.15) is 0 Å². The molecule has 1 saturated heterocycles. The summed E-state index contributed by atoms with van der Waals surface area (Å²) < 4.78 is 25.0. The Hall–Kier alpha value is -1.82. The molecule has 0 radical (unpaired) electrons. The molecule has 2 unspecified atom stereocenters. The van der Waals surface area contributed by atoms with Gasteiger partial charge in [-0.25, -0.2) is 9.18 Å². The lowest BCUT2D eigenvalue weighted by atomic mass is 10.2. The number of benzene rings is 1. The van der Waals surface area contributed by atoms with E-state index in [-0.39, 0.29) is 30.0 Å². The third-order valence-corrected chi connectivity index (χ3v) is 3.26. The molecule has 0 bridgehead atoms. The Morgan fingerprint density at radius 3 is 2.55 bits per heavy atom. The third kappa shape index (κ3) is 4.34. The van der Waals surface area contributed by atoms with Crippen LogP contribution in [0.25, 0.3) is 0 Å². The smallest absolute Gasteiger partial charge is 0.322 e. The van der Waals surface area contributed by atoms with Gasteiger partial charge in [-0.15, -0.1) is 0 Å². The minimum atomic E-state index is -0.513. The molecule has 1 heterocycles. The number of morpholine rings is 1. The summed E-state index contributed by atoms with van der Waals surface area (Å²) in [6.45, 7) is 8.55. The summed E-state index contributed by atoms with van der Waals surface area (Å²) in [6.07, 6.45) is -0.0847. The molecule has 1 aliphatic heterocycles. The molecule has 0 spiro atoms. The van der Waals surface area contributed by atoms with E-state index in [1.165, 1.54) is 12.1 Å². The lowest BCUT2D eigenvalue weighted by molar-refractivity contribution is -0.0530. The highest BCUT2D eigenvalue weighted by atomic mass is 19.1. The first-order valence-electron chi connectivity index (χ1n) is 7.52. The number of nitrogens with zero attached hydrogens (tertiary/aromatic N) is 1. The van der Waals surface area contributed by atoms with Gasteiger partial charge in [-0.3, -0.25) is 0 Å². The van der Waals surface area contributed by atoms with Crippen LogP contribution in [0.1, 0.15) is 27.7 Å². The molecule has 5 nitrogen and oxygen atoms in total. The maximum atomic E-state index is 14.0. The van der Waals surface area contributed by atoms with Gasteiger partial charge in [-0.1, -0.05) is 0 Å². The number of ether oxygens (including phenoxy) is 2. The van der Waals surface area contributed by atoms with Crippen molar-refractivity contribution in [2.75, 3.05) is 18.4 Å².